The van der Waals surface area contributed by atoms with E-state index in [2.05, 4.69) is 20.8 Å². The number of benzene rings is 1. The summed E-state index contributed by atoms with van der Waals surface area (Å²) in [5.74, 6) is 0. The molecule has 1 fully saturated rings. The molecule has 1 aliphatic rings. The maximum atomic E-state index is 12.7. The fourth-order valence-corrected chi connectivity index (χ4v) is 3.81. The number of halogens is 4. The lowest BCUT2D eigenvalue weighted by atomic mass is 9.94. The van der Waals surface area contributed by atoms with E-state index in [1.165, 1.54) is 25.0 Å². The summed E-state index contributed by atoms with van der Waals surface area (Å²) in [6.45, 7) is 0.552. The molecule has 1 aromatic carbocycles. The van der Waals surface area contributed by atoms with Crippen molar-refractivity contribution in [2.75, 3.05) is 7.05 Å². The molecule has 1 aliphatic carbocycles. The molecule has 0 bridgehead atoms. The molecule has 112 valence electrons. The first kappa shape index (κ1) is 15.8. The molecule has 0 saturated heterocycles. The van der Waals surface area contributed by atoms with Gasteiger partial charge in [-0.15, -0.1) is 0 Å². The second-order valence-electron chi connectivity index (χ2n) is 5.48. The number of rotatable bonds is 3. The van der Waals surface area contributed by atoms with E-state index in [9.17, 15) is 13.2 Å². The van der Waals surface area contributed by atoms with Crippen LogP contribution in [0.3, 0.4) is 0 Å². The first-order valence-corrected chi connectivity index (χ1v) is 7.80. The van der Waals surface area contributed by atoms with E-state index in [1.54, 1.807) is 6.07 Å². The Morgan fingerprint density at radius 3 is 2.60 bits per heavy atom. The number of alkyl halides is 4. The quantitative estimate of drug-likeness (QED) is 0.705. The van der Waals surface area contributed by atoms with Gasteiger partial charge in [0.1, 0.15) is 0 Å². The van der Waals surface area contributed by atoms with Gasteiger partial charge in [0.25, 0.3) is 0 Å². The average molecular weight is 350 g/mol. The van der Waals surface area contributed by atoms with Crippen LogP contribution in [-0.2, 0) is 12.7 Å². The summed E-state index contributed by atoms with van der Waals surface area (Å²) in [5.41, 5.74) is 0.148. The molecule has 2 rings (SSSR count). The first-order chi connectivity index (χ1) is 9.38. The Bertz CT molecular complexity index is 447. The highest BCUT2D eigenvalue weighted by molar-refractivity contribution is 9.09. The predicted molar refractivity (Wildman–Crippen MR) is 77.9 cm³/mol. The van der Waals surface area contributed by atoms with E-state index in [1.807, 2.05) is 7.05 Å². The van der Waals surface area contributed by atoms with Crippen molar-refractivity contribution >= 4 is 15.9 Å². The molecule has 0 heterocycles. The Labute approximate surface area is 126 Å². The number of hydrogen-bond acceptors (Lipinski definition) is 1. The van der Waals surface area contributed by atoms with Crippen LogP contribution in [0.25, 0.3) is 0 Å². The van der Waals surface area contributed by atoms with Gasteiger partial charge in [-0.05, 0) is 31.5 Å². The highest BCUT2D eigenvalue weighted by Crippen LogP contribution is 2.31. The molecule has 20 heavy (non-hydrogen) atoms. The van der Waals surface area contributed by atoms with Crippen molar-refractivity contribution in [3.05, 3.63) is 35.4 Å². The molecule has 0 aromatic heterocycles. The highest BCUT2D eigenvalue weighted by atomic mass is 79.9. The number of nitrogens with zero attached hydrogens (tertiary/aromatic N) is 1. The van der Waals surface area contributed by atoms with Gasteiger partial charge >= 0.3 is 6.18 Å². The van der Waals surface area contributed by atoms with Crippen LogP contribution in [0.5, 0.6) is 0 Å². The Hall–Kier alpha value is -0.550. The van der Waals surface area contributed by atoms with Crippen LogP contribution in [0.15, 0.2) is 24.3 Å². The molecule has 0 N–H and O–H groups in total. The van der Waals surface area contributed by atoms with E-state index in [4.69, 9.17) is 0 Å². The summed E-state index contributed by atoms with van der Waals surface area (Å²) in [7, 11) is 1.99. The standard InChI is InChI=1S/C15H19BrF3N/c1-20(14-8-3-2-7-13(14)16)10-11-5-4-6-12(9-11)15(17,18)19/h4-6,9,13-14H,2-3,7-8,10H2,1H3. The number of hydrogen-bond donors (Lipinski definition) is 0. The van der Waals surface area contributed by atoms with Crippen molar-refractivity contribution in [3.63, 3.8) is 0 Å². The zero-order chi connectivity index (χ0) is 14.8. The third-order valence-electron chi connectivity index (χ3n) is 3.90. The Morgan fingerprint density at radius 2 is 1.95 bits per heavy atom. The molecule has 0 radical (unpaired) electrons. The van der Waals surface area contributed by atoms with Gasteiger partial charge in [0.2, 0.25) is 0 Å². The maximum Gasteiger partial charge on any atom is 0.416 e. The van der Waals surface area contributed by atoms with Crippen LogP contribution >= 0.6 is 15.9 Å². The van der Waals surface area contributed by atoms with Gasteiger partial charge in [-0.2, -0.15) is 13.2 Å². The van der Waals surface area contributed by atoms with E-state index < -0.39 is 11.7 Å². The van der Waals surface area contributed by atoms with Crippen LogP contribution in [0.1, 0.15) is 36.8 Å². The van der Waals surface area contributed by atoms with Gasteiger partial charge < -0.3 is 0 Å². The molecule has 1 saturated carbocycles. The van der Waals surface area contributed by atoms with Gasteiger partial charge in [0.05, 0.1) is 5.56 Å². The minimum Gasteiger partial charge on any atom is -0.298 e. The van der Waals surface area contributed by atoms with Crippen LogP contribution < -0.4 is 0 Å². The van der Waals surface area contributed by atoms with E-state index in [-0.39, 0.29) is 0 Å². The van der Waals surface area contributed by atoms with Crippen molar-refractivity contribution in [1.82, 2.24) is 4.90 Å². The summed E-state index contributed by atoms with van der Waals surface area (Å²) < 4.78 is 38.1. The van der Waals surface area contributed by atoms with Gasteiger partial charge in [-0.25, -0.2) is 0 Å². The Morgan fingerprint density at radius 1 is 1.25 bits per heavy atom. The molecule has 2 unspecified atom stereocenters. The largest absolute Gasteiger partial charge is 0.416 e. The van der Waals surface area contributed by atoms with E-state index >= 15 is 0 Å². The van der Waals surface area contributed by atoms with Crippen molar-refractivity contribution in [1.29, 1.82) is 0 Å². The minimum atomic E-state index is -4.27. The smallest absolute Gasteiger partial charge is 0.298 e. The highest BCUT2D eigenvalue weighted by Gasteiger charge is 2.31. The van der Waals surface area contributed by atoms with Crippen LogP contribution in [0.2, 0.25) is 0 Å². The van der Waals surface area contributed by atoms with Gasteiger partial charge in [-0.1, -0.05) is 47.0 Å². The molecule has 5 heteroatoms. The van der Waals surface area contributed by atoms with E-state index in [0.717, 1.165) is 18.9 Å². The summed E-state index contributed by atoms with van der Waals surface area (Å²) in [6, 6.07) is 6.02. The summed E-state index contributed by atoms with van der Waals surface area (Å²) >= 11 is 3.69. The summed E-state index contributed by atoms with van der Waals surface area (Å²) in [5, 5.41) is 0. The third-order valence-corrected chi connectivity index (χ3v) is 4.97. The fraction of sp³-hybridized carbons (Fsp3) is 0.600. The lowest BCUT2D eigenvalue weighted by Crippen LogP contribution is -2.40. The summed E-state index contributed by atoms with van der Waals surface area (Å²) in [6.07, 6.45) is 0.393. The lowest BCUT2D eigenvalue weighted by Gasteiger charge is -2.35. The molecule has 2 atom stereocenters. The van der Waals surface area contributed by atoms with Crippen molar-refractivity contribution in [3.8, 4) is 0 Å². The second-order valence-corrected chi connectivity index (χ2v) is 6.66. The first-order valence-electron chi connectivity index (χ1n) is 6.88. The Balaban J connectivity index is 2.05. The minimum absolute atomic E-state index is 0.401. The van der Waals surface area contributed by atoms with Crippen LogP contribution in [0.4, 0.5) is 13.2 Å². The maximum absolute atomic E-state index is 12.7. The van der Waals surface area contributed by atoms with Gasteiger partial charge in [-0.3, -0.25) is 4.90 Å². The molecule has 0 aliphatic heterocycles. The van der Waals surface area contributed by atoms with E-state index in [0.29, 0.717) is 23.0 Å². The molecule has 1 aromatic rings. The molecular weight excluding hydrogens is 331 g/mol. The van der Waals surface area contributed by atoms with Crippen LogP contribution in [0, 0.1) is 0 Å². The van der Waals surface area contributed by atoms with Crippen LogP contribution in [-0.4, -0.2) is 22.8 Å². The lowest BCUT2D eigenvalue weighted by molar-refractivity contribution is -0.137. The monoisotopic (exact) mass is 349 g/mol. The zero-order valence-electron chi connectivity index (χ0n) is 11.5. The second kappa shape index (κ2) is 6.48. The molecular formula is C15H19BrF3N. The fourth-order valence-electron chi connectivity index (χ4n) is 2.81. The predicted octanol–water partition coefficient (Wildman–Crippen LogP) is 4.84. The SMILES string of the molecule is CN(Cc1cccc(C(F)(F)F)c1)C1CCCCC1Br. The molecule has 1 nitrogen and oxygen atoms in total. The normalized spacial score (nSPS) is 24.1. The Kier molecular flexibility index (Phi) is 5.13. The summed E-state index contributed by atoms with van der Waals surface area (Å²) in [4.78, 5) is 2.60. The van der Waals surface area contributed by atoms with Crippen molar-refractivity contribution < 1.29 is 13.2 Å². The van der Waals surface area contributed by atoms with Gasteiger partial charge in [0, 0.05) is 17.4 Å². The molecule has 0 spiro atoms. The van der Waals surface area contributed by atoms with Gasteiger partial charge in [0.15, 0.2) is 0 Å². The molecule has 0 amide bonds. The van der Waals surface area contributed by atoms with Crippen molar-refractivity contribution in [2.45, 2.75) is 49.3 Å². The van der Waals surface area contributed by atoms with Crippen molar-refractivity contribution in [2.24, 2.45) is 0 Å². The third kappa shape index (κ3) is 3.98. The topological polar surface area (TPSA) is 3.24 Å². The zero-order valence-corrected chi connectivity index (χ0v) is 13.0. The average Bonchev–Trinajstić information content (AvgIpc) is 2.38.